The first-order chi connectivity index (χ1) is 12.0. The zero-order chi connectivity index (χ0) is 18.0. The molecule has 1 heterocycles. The second-order valence-electron chi connectivity index (χ2n) is 6.02. The first kappa shape index (κ1) is 17.0. The van der Waals surface area contributed by atoms with Crippen molar-refractivity contribution in [1.82, 2.24) is 5.32 Å². The lowest BCUT2D eigenvalue weighted by Gasteiger charge is -2.10. The van der Waals surface area contributed by atoms with Crippen LogP contribution in [0.4, 0.5) is 4.39 Å². The van der Waals surface area contributed by atoms with Gasteiger partial charge in [0.15, 0.2) is 5.76 Å². The van der Waals surface area contributed by atoms with Gasteiger partial charge in [0, 0.05) is 17.5 Å². The molecule has 1 aromatic heterocycles. The van der Waals surface area contributed by atoms with E-state index in [0.717, 1.165) is 16.9 Å². The van der Waals surface area contributed by atoms with E-state index >= 15 is 0 Å². The molecule has 0 aliphatic rings. The number of halogens is 1. The Kier molecular flexibility index (Phi) is 4.74. The third-order valence-electron chi connectivity index (χ3n) is 4.22. The molecule has 4 nitrogen and oxygen atoms in total. The van der Waals surface area contributed by atoms with E-state index in [2.05, 4.69) is 5.32 Å². The van der Waals surface area contributed by atoms with Crippen molar-refractivity contribution in [3.05, 3.63) is 64.7 Å². The molecule has 25 heavy (non-hydrogen) atoms. The van der Waals surface area contributed by atoms with Gasteiger partial charge in [-0.05, 0) is 50.1 Å². The van der Waals surface area contributed by atoms with Crippen LogP contribution in [-0.4, -0.2) is 19.6 Å². The van der Waals surface area contributed by atoms with Crippen LogP contribution >= 0.6 is 0 Å². The van der Waals surface area contributed by atoms with Crippen molar-refractivity contribution in [2.45, 2.75) is 20.3 Å². The van der Waals surface area contributed by atoms with Crippen molar-refractivity contribution in [2.24, 2.45) is 0 Å². The van der Waals surface area contributed by atoms with Crippen molar-refractivity contribution in [3.8, 4) is 5.75 Å². The Morgan fingerprint density at radius 2 is 2.00 bits per heavy atom. The first-order valence-electron chi connectivity index (χ1n) is 8.10. The van der Waals surface area contributed by atoms with Crippen LogP contribution in [0.2, 0.25) is 0 Å². The maximum atomic E-state index is 13.4. The average molecular weight is 341 g/mol. The lowest BCUT2D eigenvalue weighted by Crippen LogP contribution is -2.26. The number of carbonyl (C=O) groups excluding carboxylic acids is 1. The summed E-state index contributed by atoms with van der Waals surface area (Å²) in [6.07, 6.45) is 0.643. The van der Waals surface area contributed by atoms with Gasteiger partial charge in [-0.15, -0.1) is 0 Å². The molecule has 2 aromatic carbocycles. The van der Waals surface area contributed by atoms with Gasteiger partial charge in [0.1, 0.15) is 17.1 Å². The third kappa shape index (κ3) is 3.50. The van der Waals surface area contributed by atoms with Crippen molar-refractivity contribution in [3.63, 3.8) is 0 Å². The normalized spacial score (nSPS) is 10.9. The van der Waals surface area contributed by atoms with Crippen molar-refractivity contribution >= 4 is 16.9 Å². The van der Waals surface area contributed by atoms with Crippen molar-refractivity contribution < 1.29 is 18.3 Å². The van der Waals surface area contributed by atoms with E-state index in [9.17, 15) is 9.18 Å². The largest absolute Gasteiger partial charge is 0.496 e. The highest BCUT2D eigenvalue weighted by Gasteiger charge is 2.17. The molecule has 0 aliphatic carbocycles. The summed E-state index contributed by atoms with van der Waals surface area (Å²) in [5.74, 6) is 0.364. The Labute approximate surface area is 145 Å². The summed E-state index contributed by atoms with van der Waals surface area (Å²) in [7, 11) is 1.63. The average Bonchev–Trinajstić information content (AvgIpc) is 2.91. The number of ether oxygens (including phenoxy) is 1. The Hall–Kier alpha value is -2.82. The summed E-state index contributed by atoms with van der Waals surface area (Å²) in [5, 5.41) is 3.47. The molecule has 1 amide bonds. The van der Waals surface area contributed by atoms with Crippen molar-refractivity contribution in [1.29, 1.82) is 0 Å². The zero-order valence-electron chi connectivity index (χ0n) is 14.5. The van der Waals surface area contributed by atoms with Gasteiger partial charge in [-0.1, -0.05) is 17.7 Å². The molecule has 0 unspecified atom stereocenters. The summed E-state index contributed by atoms with van der Waals surface area (Å²) in [4.78, 5) is 12.4. The Balaban J connectivity index is 1.71. The fraction of sp³-hybridized carbons (Fsp3) is 0.250. The molecular formula is C20H20FNO3. The number of aryl methyl sites for hydroxylation is 2. The molecule has 0 bridgehead atoms. The number of furan rings is 1. The minimum Gasteiger partial charge on any atom is -0.496 e. The second kappa shape index (κ2) is 6.97. The lowest BCUT2D eigenvalue weighted by atomic mass is 10.1. The van der Waals surface area contributed by atoms with Crippen LogP contribution in [0, 0.1) is 19.7 Å². The number of hydrogen-bond acceptors (Lipinski definition) is 3. The molecule has 3 rings (SSSR count). The molecular weight excluding hydrogens is 321 g/mol. The predicted molar refractivity (Wildman–Crippen MR) is 94.7 cm³/mol. The molecule has 0 radical (unpaired) electrons. The first-order valence-corrected chi connectivity index (χ1v) is 8.10. The fourth-order valence-electron chi connectivity index (χ4n) is 2.90. The van der Waals surface area contributed by atoms with Crippen LogP contribution in [0.5, 0.6) is 5.75 Å². The Morgan fingerprint density at radius 1 is 1.20 bits per heavy atom. The van der Waals surface area contributed by atoms with E-state index in [0.29, 0.717) is 29.5 Å². The number of carbonyl (C=O) groups is 1. The highest BCUT2D eigenvalue weighted by atomic mass is 19.1. The van der Waals surface area contributed by atoms with Crippen LogP contribution < -0.4 is 10.1 Å². The van der Waals surface area contributed by atoms with Gasteiger partial charge in [-0.25, -0.2) is 4.39 Å². The fourth-order valence-corrected chi connectivity index (χ4v) is 2.90. The van der Waals surface area contributed by atoms with E-state index < -0.39 is 0 Å². The highest BCUT2D eigenvalue weighted by Crippen LogP contribution is 2.26. The molecule has 0 fully saturated rings. The van der Waals surface area contributed by atoms with Gasteiger partial charge < -0.3 is 14.5 Å². The summed E-state index contributed by atoms with van der Waals surface area (Å²) in [5.41, 5.74) is 3.31. The summed E-state index contributed by atoms with van der Waals surface area (Å²) < 4.78 is 24.3. The Morgan fingerprint density at radius 3 is 2.76 bits per heavy atom. The molecule has 0 spiro atoms. The van der Waals surface area contributed by atoms with E-state index in [4.69, 9.17) is 9.15 Å². The number of fused-ring (bicyclic) bond motifs is 1. The number of benzene rings is 2. The maximum absolute atomic E-state index is 13.4. The second-order valence-corrected chi connectivity index (χ2v) is 6.02. The molecule has 0 saturated heterocycles. The number of hydrogen-bond donors (Lipinski definition) is 1. The Bertz CT molecular complexity index is 930. The van der Waals surface area contributed by atoms with Gasteiger partial charge in [0.25, 0.3) is 5.91 Å². The number of methoxy groups -OCH3 is 1. The van der Waals surface area contributed by atoms with Gasteiger partial charge in [0.2, 0.25) is 0 Å². The molecule has 1 N–H and O–H groups in total. The van der Waals surface area contributed by atoms with Crippen LogP contribution in [0.15, 0.2) is 40.8 Å². The zero-order valence-corrected chi connectivity index (χ0v) is 14.5. The van der Waals surface area contributed by atoms with E-state index in [1.807, 2.05) is 25.1 Å². The van der Waals surface area contributed by atoms with Gasteiger partial charge in [0.05, 0.1) is 7.11 Å². The molecule has 3 aromatic rings. The lowest BCUT2D eigenvalue weighted by molar-refractivity contribution is 0.0927. The van der Waals surface area contributed by atoms with Crippen molar-refractivity contribution in [2.75, 3.05) is 13.7 Å². The van der Waals surface area contributed by atoms with Crippen LogP contribution in [0.3, 0.4) is 0 Å². The highest BCUT2D eigenvalue weighted by molar-refractivity contribution is 5.98. The minimum atomic E-state index is -0.352. The van der Waals surface area contributed by atoms with E-state index in [1.165, 1.54) is 18.2 Å². The minimum absolute atomic E-state index is 0.219. The number of rotatable bonds is 5. The smallest absolute Gasteiger partial charge is 0.287 e. The SMILES string of the molecule is COc1ccc(C)cc1CCNC(=O)c1oc2ccc(F)cc2c1C. The molecule has 0 saturated carbocycles. The van der Waals surface area contributed by atoms with Crippen LogP contribution in [0.25, 0.3) is 11.0 Å². The van der Waals surface area contributed by atoms with E-state index in [1.54, 1.807) is 14.0 Å². The predicted octanol–water partition coefficient (Wildman–Crippen LogP) is 4.17. The third-order valence-corrected chi connectivity index (χ3v) is 4.22. The van der Waals surface area contributed by atoms with Gasteiger partial charge >= 0.3 is 0 Å². The maximum Gasteiger partial charge on any atom is 0.287 e. The van der Waals surface area contributed by atoms with Gasteiger partial charge in [-0.2, -0.15) is 0 Å². The van der Waals surface area contributed by atoms with Crippen LogP contribution in [-0.2, 0) is 6.42 Å². The molecule has 5 heteroatoms. The molecule has 0 atom stereocenters. The number of nitrogens with one attached hydrogen (secondary N) is 1. The molecule has 0 aliphatic heterocycles. The molecule has 130 valence electrons. The van der Waals surface area contributed by atoms with E-state index in [-0.39, 0.29) is 17.5 Å². The quantitative estimate of drug-likeness (QED) is 0.758. The monoisotopic (exact) mass is 341 g/mol. The summed E-state index contributed by atoms with van der Waals surface area (Å²) in [6, 6.07) is 10.2. The summed E-state index contributed by atoms with van der Waals surface area (Å²) >= 11 is 0. The van der Waals surface area contributed by atoms with Crippen LogP contribution in [0.1, 0.15) is 27.2 Å². The number of amides is 1. The topological polar surface area (TPSA) is 51.5 Å². The van der Waals surface area contributed by atoms with Gasteiger partial charge in [-0.3, -0.25) is 4.79 Å². The standard InChI is InChI=1S/C20H20FNO3/c1-12-4-6-17(24-3)14(10-12)8-9-22-20(23)19-13(2)16-11-15(21)5-7-18(16)25-19/h4-7,10-11H,8-9H2,1-3H3,(H,22,23). The summed E-state index contributed by atoms with van der Waals surface area (Å²) in [6.45, 7) is 4.21.